The molecule has 0 fully saturated rings. The van der Waals surface area contributed by atoms with Crippen LogP contribution in [0, 0.1) is 0 Å². The van der Waals surface area contributed by atoms with Gasteiger partial charge >= 0.3 is 7.82 Å². The fraction of sp³-hybridized carbons (Fsp3) is 0.661. The molecule has 0 aromatic heterocycles. The number of hydrogen-bond donors (Lipinski definition) is 3. The molecular formula is C62H108N2O6P+. The number of hydrogen-bond acceptors (Lipinski definition) is 5. The minimum Gasteiger partial charge on any atom is -0.387 e. The lowest BCUT2D eigenvalue weighted by Gasteiger charge is -2.25. The minimum atomic E-state index is -4.38. The summed E-state index contributed by atoms with van der Waals surface area (Å²) < 4.78 is 23.7. The number of nitrogens with zero attached hydrogens (tertiary/aromatic N) is 1. The predicted octanol–water partition coefficient (Wildman–Crippen LogP) is 17.4. The van der Waals surface area contributed by atoms with Crippen molar-refractivity contribution in [1.82, 2.24) is 5.32 Å². The van der Waals surface area contributed by atoms with Crippen LogP contribution in [0.1, 0.15) is 213 Å². The number of phosphoric acid groups is 1. The predicted molar refractivity (Wildman–Crippen MR) is 308 cm³/mol. The van der Waals surface area contributed by atoms with Gasteiger partial charge in [0.1, 0.15) is 13.2 Å². The zero-order valence-corrected chi connectivity index (χ0v) is 47.1. The van der Waals surface area contributed by atoms with E-state index in [1.165, 1.54) is 103 Å². The van der Waals surface area contributed by atoms with Crippen LogP contribution in [0.2, 0.25) is 0 Å². The zero-order chi connectivity index (χ0) is 52.0. The Morgan fingerprint density at radius 3 is 1.30 bits per heavy atom. The standard InChI is InChI=1S/C62H107N2O6P/c1-6-8-10-12-14-16-18-20-22-24-26-28-30-31-32-33-34-36-38-40-42-44-46-48-50-52-54-56-62(66)63-60(59-70-71(67,68)69-58-57-64(3,4)5)61(65)55-53-51-49-47-45-43-41-39-37-35-29-27-25-23-21-19-17-15-13-11-9-7-2/h8,10,14,16,20,22,26,28,31-32,34,36,40,42,45-48,53,55,60-61,65H,6-7,9,11-13,15,17-19,21,23-25,27,29-30,33,35,37-39,41,43-44,49-52,54,56-59H2,1-5H3,(H-,63,66,67,68)/p+1/b10-8-,16-14-,22-20-,28-26-,32-31-,36-34-,42-40-,47-45+,48-46-,55-53+. The van der Waals surface area contributed by atoms with Crippen molar-refractivity contribution in [2.75, 3.05) is 40.9 Å². The van der Waals surface area contributed by atoms with E-state index in [1.54, 1.807) is 6.08 Å². The second kappa shape index (κ2) is 51.8. The van der Waals surface area contributed by atoms with Gasteiger partial charge in [-0.1, -0.05) is 232 Å². The van der Waals surface area contributed by atoms with Crippen molar-refractivity contribution in [3.05, 3.63) is 122 Å². The smallest absolute Gasteiger partial charge is 0.387 e. The third-order valence-electron chi connectivity index (χ3n) is 11.9. The van der Waals surface area contributed by atoms with Gasteiger partial charge < -0.3 is 19.8 Å². The van der Waals surface area contributed by atoms with Crippen molar-refractivity contribution < 1.29 is 32.9 Å². The van der Waals surface area contributed by atoms with Crippen LogP contribution in [0.4, 0.5) is 0 Å². The number of carbonyl (C=O) groups excluding carboxylic acids is 1. The number of unbranched alkanes of at least 4 members (excludes halogenated alkanes) is 19. The Morgan fingerprint density at radius 2 is 0.859 bits per heavy atom. The van der Waals surface area contributed by atoms with Crippen molar-refractivity contribution in [1.29, 1.82) is 0 Å². The number of amides is 1. The normalized spacial score (nSPS) is 14.9. The highest BCUT2D eigenvalue weighted by molar-refractivity contribution is 7.47. The number of nitrogens with one attached hydrogen (secondary N) is 1. The summed E-state index contributed by atoms with van der Waals surface area (Å²) in [7, 11) is 1.51. The number of quaternary nitrogens is 1. The lowest BCUT2D eigenvalue weighted by Crippen LogP contribution is -2.45. The molecule has 0 aliphatic rings. The number of aliphatic hydroxyl groups excluding tert-OH is 1. The molecule has 3 unspecified atom stereocenters. The molecule has 3 atom stereocenters. The number of likely N-dealkylation sites (N-methyl/N-ethyl adjacent to an activating group) is 1. The highest BCUT2D eigenvalue weighted by Crippen LogP contribution is 2.43. The van der Waals surface area contributed by atoms with Crippen LogP contribution in [-0.2, 0) is 18.4 Å². The summed E-state index contributed by atoms with van der Waals surface area (Å²) in [6.07, 6.45) is 77.3. The molecule has 0 aliphatic carbocycles. The van der Waals surface area contributed by atoms with Gasteiger partial charge in [-0.15, -0.1) is 0 Å². The molecule has 0 aromatic carbocycles. The maximum Gasteiger partial charge on any atom is 0.472 e. The Balaban J connectivity index is 4.42. The van der Waals surface area contributed by atoms with Crippen LogP contribution in [0.15, 0.2) is 122 Å². The number of aliphatic hydroxyl groups is 1. The SMILES string of the molecule is CC/C=C\C/C=C\C/C=C\C/C=C\C/C=C\C/C=C\C/C=C\C/C=C\CCCCC(=O)NC(COP(=O)(O)OCC[N+](C)(C)C)C(O)/C=C/CC/C=C/CCCCCCCCCCCCCCCCCC. The van der Waals surface area contributed by atoms with Crippen LogP contribution in [0.25, 0.3) is 0 Å². The average Bonchev–Trinajstić information content (AvgIpc) is 3.33. The molecule has 0 spiro atoms. The summed E-state index contributed by atoms with van der Waals surface area (Å²) in [4.78, 5) is 23.3. The summed E-state index contributed by atoms with van der Waals surface area (Å²) >= 11 is 0. The van der Waals surface area contributed by atoms with Crippen molar-refractivity contribution in [3.8, 4) is 0 Å². The molecule has 9 heteroatoms. The van der Waals surface area contributed by atoms with Gasteiger partial charge in [0.15, 0.2) is 0 Å². The quantitative estimate of drug-likeness (QED) is 0.0243. The molecule has 8 nitrogen and oxygen atoms in total. The van der Waals surface area contributed by atoms with Crippen molar-refractivity contribution in [3.63, 3.8) is 0 Å². The van der Waals surface area contributed by atoms with Gasteiger partial charge in [-0.3, -0.25) is 13.8 Å². The number of phosphoric ester groups is 1. The Labute approximate surface area is 437 Å². The summed E-state index contributed by atoms with van der Waals surface area (Å²) in [6, 6.07) is -0.897. The molecule has 0 aromatic rings. The van der Waals surface area contributed by atoms with Gasteiger partial charge in [0.2, 0.25) is 5.91 Å². The van der Waals surface area contributed by atoms with E-state index in [-0.39, 0.29) is 25.5 Å². The van der Waals surface area contributed by atoms with E-state index in [2.05, 4.69) is 129 Å². The molecule has 0 saturated carbocycles. The van der Waals surface area contributed by atoms with Crippen molar-refractivity contribution in [2.45, 2.75) is 225 Å². The van der Waals surface area contributed by atoms with Gasteiger partial charge in [0.05, 0.1) is 39.9 Å². The fourth-order valence-electron chi connectivity index (χ4n) is 7.48. The first-order valence-electron chi connectivity index (χ1n) is 28.4. The van der Waals surface area contributed by atoms with Crippen molar-refractivity contribution >= 4 is 13.7 Å². The molecule has 0 saturated heterocycles. The average molecular weight is 1010 g/mol. The van der Waals surface area contributed by atoms with E-state index >= 15 is 0 Å². The maximum absolute atomic E-state index is 13.0. The second-order valence-electron chi connectivity index (χ2n) is 19.9. The summed E-state index contributed by atoms with van der Waals surface area (Å²) in [5.41, 5.74) is 0. The molecule has 0 rings (SSSR count). The largest absolute Gasteiger partial charge is 0.472 e. The maximum atomic E-state index is 13.0. The lowest BCUT2D eigenvalue weighted by atomic mass is 10.0. The molecule has 3 N–H and O–H groups in total. The van der Waals surface area contributed by atoms with E-state index in [0.717, 1.165) is 83.5 Å². The topological polar surface area (TPSA) is 105 Å². The monoisotopic (exact) mass is 1010 g/mol. The number of carbonyl (C=O) groups is 1. The molecule has 1 amide bonds. The van der Waals surface area contributed by atoms with E-state index in [0.29, 0.717) is 17.4 Å². The van der Waals surface area contributed by atoms with Gasteiger partial charge in [-0.05, 0) is 96.3 Å². The molecule has 0 radical (unpaired) electrons. The van der Waals surface area contributed by atoms with Gasteiger partial charge in [0.25, 0.3) is 0 Å². The summed E-state index contributed by atoms with van der Waals surface area (Å²) in [6.45, 7) is 4.64. The molecular weight excluding hydrogens is 900 g/mol. The lowest BCUT2D eigenvalue weighted by molar-refractivity contribution is -0.870. The van der Waals surface area contributed by atoms with Gasteiger partial charge in [-0.25, -0.2) is 4.57 Å². The Hall–Kier alpha value is -3.10. The third kappa shape index (κ3) is 54.5. The van der Waals surface area contributed by atoms with Crippen LogP contribution < -0.4 is 5.32 Å². The van der Waals surface area contributed by atoms with Crippen LogP contribution in [-0.4, -0.2) is 73.4 Å². The molecule has 0 bridgehead atoms. The molecule has 406 valence electrons. The van der Waals surface area contributed by atoms with E-state index in [9.17, 15) is 19.4 Å². The third-order valence-corrected chi connectivity index (χ3v) is 12.9. The minimum absolute atomic E-state index is 0.0405. The van der Waals surface area contributed by atoms with E-state index in [1.807, 2.05) is 27.2 Å². The van der Waals surface area contributed by atoms with Gasteiger partial charge in [-0.2, -0.15) is 0 Å². The van der Waals surface area contributed by atoms with Crippen LogP contribution >= 0.6 is 7.82 Å². The highest BCUT2D eigenvalue weighted by atomic mass is 31.2. The zero-order valence-electron chi connectivity index (χ0n) is 46.2. The molecule has 0 heterocycles. The van der Waals surface area contributed by atoms with Crippen LogP contribution in [0.5, 0.6) is 0 Å². The fourth-order valence-corrected chi connectivity index (χ4v) is 8.22. The van der Waals surface area contributed by atoms with Crippen molar-refractivity contribution in [2.24, 2.45) is 0 Å². The van der Waals surface area contributed by atoms with E-state index in [4.69, 9.17) is 9.05 Å². The van der Waals surface area contributed by atoms with Gasteiger partial charge in [0, 0.05) is 6.42 Å². The Morgan fingerprint density at radius 1 is 0.493 bits per heavy atom. The Kier molecular flexibility index (Phi) is 49.5. The second-order valence-corrected chi connectivity index (χ2v) is 21.4. The van der Waals surface area contributed by atoms with E-state index < -0.39 is 20.0 Å². The first kappa shape index (κ1) is 67.9. The molecule has 71 heavy (non-hydrogen) atoms. The first-order valence-corrected chi connectivity index (χ1v) is 29.9. The number of rotatable bonds is 50. The Bertz CT molecular complexity index is 1560. The summed E-state index contributed by atoms with van der Waals surface area (Å²) in [5, 5.41) is 13.9. The van der Waals surface area contributed by atoms with Crippen LogP contribution in [0.3, 0.4) is 0 Å². The first-order chi connectivity index (χ1) is 34.5. The number of allylic oxidation sites excluding steroid dienone is 19. The summed E-state index contributed by atoms with van der Waals surface area (Å²) in [5.74, 6) is -0.233. The highest BCUT2D eigenvalue weighted by Gasteiger charge is 2.27. The molecule has 0 aliphatic heterocycles.